The van der Waals surface area contributed by atoms with Crippen LogP contribution in [-0.2, 0) is 0 Å². The fourth-order valence-corrected chi connectivity index (χ4v) is 9.68. The molecule has 9 aromatic rings. The maximum atomic E-state index is 6.75. The Morgan fingerprint density at radius 3 is 1.87 bits per heavy atom. The minimum Gasteiger partial charge on any atom is -0.458 e. The third-order valence-corrected chi connectivity index (χ3v) is 12.0. The van der Waals surface area contributed by atoms with Crippen LogP contribution >= 0.6 is 11.6 Å². The Morgan fingerprint density at radius 1 is 0.423 bits per heavy atom. The van der Waals surface area contributed by atoms with Gasteiger partial charge in [0.25, 0.3) is 5.99 Å². The molecule has 3 heterocycles. The van der Waals surface area contributed by atoms with Crippen molar-refractivity contribution < 1.29 is 4.74 Å². The third-order valence-electron chi connectivity index (χ3n) is 10.7. The summed E-state index contributed by atoms with van der Waals surface area (Å²) in [6, 6.07) is 66.0. The monoisotopic (exact) mass is 679 g/mol. The molecule has 4 heteroatoms. The van der Waals surface area contributed by atoms with Crippen molar-refractivity contribution in [1.29, 1.82) is 0 Å². The summed E-state index contributed by atoms with van der Waals surface area (Å²) < 4.78 is 9.14. The molecule has 0 saturated carbocycles. The lowest BCUT2D eigenvalue weighted by molar-refractivity contribution is 0.488. The molecule has 0 unspecified atom stereocenters. The zero-order valence-corrected chi connectivity index (χ0v) is 29.0. The van der Waals surface area contributed by atoms with Crippen molar-refractivity contribution in [3.05, 3.63) is 182 Å². The van der Waals surface area contributed by atoms with E-state index >= 15 is 0 Å². The van der Waals surface area contributed by atoms with E-state index in [2.05, 4.69) is 187 Å². The van der Waals surface area contributed by atoms with Crippen molar-refractivity contribution in [2.45, 2.75) is 4.90 Å². The first-order valence-corrected chi connectivity index (χ1v) is 18.7. The van der Waals surface area contributed by atoms with Crippen LogP contribution in [0.25, 0.3) is 72.0 Å². The molecule has 2 nitrogen and oxygen atoms in total. The van der Waals surface area contributed by atoms with Crippen molar-refractivity contribution in [2.75, 3.05) is 0 Å². The van der Waals surface area contributed by atoms with E-state index in [1.165, 1.54) is 71.0 Å². The van der Waals surface area contributed by atoms with Crippen LogP contribution in [-0.4, -0.2) is 10.6 Å². The van der Waals surface area contributed by atoms with Crippen LogP contribution in [0.4, 0.5) is 0 Å². The van der Waals surface area contributed by atoms with Gasteiger partial charge in [-0.15, -0.1) is 0 Å². The minimum absolute atomic E-state index is 0.145. The number of nitrogens with zero attached hydrogens (tertiary/aromatic N) is 1. The second-order valence-corrected chi connectivity index (χ2v) is 14.8. The largest absolute Gasteiger partial charge is 0.458 e. The van der Waals surface area contributed by atoms with Crippen LogP contribution in [0.2, 0.25) is 0 Å². The number of hydrogen-bond donors (Lipinski definition) is 0. The van der Waals surface area contributed by atoms with Crippen molar-refractivity contribution in [3.8, 4) is 61.7 Å². The Balaban J connectivity index is 1.07. The molecule has 0 N–H and O–H groups in total. The molecular formula is C48H30BNOS. The maximum absolute atomic E-state index is 6.75. The Bertz CT molecular complexity index is 2820. The molecule has 1 aromatic heterocycles. The third kappa shape index (κ3) is 4.61. The van der Waals surface area contributed by atoms with E-state index in [0.29, 0.717) is 0 Å². The summed E-state index contributed by atoms with van der Waals surface area (Å²) >= 11 is 1.94. The molecule has 0 bridgehead atoms. The Labute approximate surface area is 307 Å². The number of fused-ring (bicyclic) bond motifs is 7. The van der Waals surface area contributed by atoms with Gasteiger partial charge in [-0.1, -0.05) is 127 Å². The number of aromatic nitrogens is 1. The Morgan fingerprint density at radius 2 is 1.06 bits per heavy atom. The molecule has 0 spiro atoms. The first-order valence-electron chi connectivity index (χ1n) is 17.8. The molecule has 0 radical (unpaired) electrons. The van der Waals surface area contributed by atoms with Gasteiger partial charge in [0.2, 0.25) is 0 Å². The second kappa shape index (κ2) is 11.7. The summed E-state index contributed by atoms with van der Waals surface area (Å²) in [5, 5.41) is 2.53. The van der Waals surface area contributed by atoms with E-state index < -0.39 is 0 Å². The quantitative estimate of drug-likeness (QED) is 0.172. The topological polar surface area (TPSA) is 14.2 Å². The van der Waals surface area contributed by atoms with Crippen molar-refractivity contribution in [2.24, 2.45) is 0 Å². The summed E-state index contributed by atoms with van der Waals surface area (Å²) in [7, 11) is 0. The van der Waals surface area contributed by atoms with Gasteiger partial charge in [0.15, 0.2) is 0 Å². The predicted octanol–water partition coefficient (Wildman–Crippen LogP) is 11.8. The van der Waals surface area contributed by atoms with Crippen LogP contribution in [0.15, 0.2) is 187 Å². The number of ether oxygens (including phenoxy) is 1. The van der Waals surface area contributed by atoms with E-state index in [4.69, 9.17) is 4.74 Å². The smallest absolute Gasteiger partial charge is 0.289 e. The van der Waals surface area contributed by atoms with Gasteiger partial charge in [-0.25, -0.2) is 0 Å². The number of rotatable bonds is 4. The standard InChI is InChI=1S/C48H30BNOS/c1-2-12-31(13-3-1)32-14-10-15-33(26-32)35-24-25-40-41-28-36(29-46-48(41)49(52-47(40)30-35)42-20-6-9-23-45(42)51-46)34-16-11-17-37(27-34)50-43-21-7-4-18-38(43)39-19-5-8-22-44(39)50/h1-30H. The fraction of sp³-hybridized carbons (Fsp3) is 0. The van der Waals surface area contributed by atoms with Crippen LogP contribution in [0.1, 0.15) is 0 Å². The van der Waals surface area contributed by atoms with Gasteiger partial charge in [-0.05, 0) is 110 Å². The molecule has 52 heavy (non-hydrogen) atoms. The van der Waals surface area contributed by atoms with E-state index in [-0.39, 0.29) is 5.99 Å². The SMILES string of the molecule is c1ccc(-c2cccc(-c3ccc4c(c3)SB3c5ccccc5Oc5cc(-c6cccc(-n7c8ccccc8c8ccccc87)c6)cc-4c53)c2)cc1. The predicted molar refractivity (Wildman–Crippen MR) is 220 cm³/mol. The molecule has 0 aliphatic carbocycles. The zero-order valence-electron chi connectivity index (χ0n) is 28.2. The molecule has 0 atom stereocenters. The highest BCUT2D eigenvalue weighted by atomic mass is 32.2. The molecular weight excluding hydrogens is 649 g/mol. The molecule has 0 amide bonds. The van der Waals surface area contributed by atoms with Crippen molar-refractivity contribution in [1.82, 2.24) is 4.57 Å². The molecule has 0 saturated heterocycles. The molecule has 0 fully saturated rings. The number of benzene rings is 8. The zero-order chi connectivity index (χ0) is 34.2. The lowest BCUT2D eigenvalue weighted by atomic mass is 9.57. The van der Waals surface area contributed by atoms with Gasteiger partial charge >= 0.3 is 0 Å². The van der Waals surface area contributed by atoms with E-state index in [1.54, 1.807) is 0 Å². The van der Waals surface area contributed by atoms with Crippen LogP contribution in [0.5, 0.6) is 11.5 Å². The Hall–Kier alpha value is -6.23. The summed E-state index contributed by atoms with van der Waals surface area (Å²) in [6.07, 6.45) is 0. The minimum atomic E-state index is 0.145. The first-order chi connectivity index (χ1) is 25.8. The Kier molecular flexibility index (Phi) is 6.62. The maximum Gasteiger partial charge on any atom is 0.289 e. The van der Waals surface area contributed by atoms with Crippen molar-refractivity contribution in [3.63, 3.8) is 0 Å². The van der Waals surface area contributed by atoms with Gasteiger partial charge in [0.05, 0.1) is 11.0 Å². The van der Waals surface area contributed by atoms with Gasteiger partial charge in [0.1, 0.15) is 11.5 Å². The highest BCUT2D eigenvalue weighted by Crippen LogP contribution is 2.46. The second-order valence-electron chi connectivity index (χ2n) is 13.7. The van der Waals surface area contributed by atoms with Crippen LogP contribution in [0.3, 0.4) is 0 Å². The molecule has 11 rings (SSSR count). The summed E-state index contributed by atoms with van der Waals surface area (Å²) in [5.41, 5.74) is 15.7. The van der Waals surface area contributed by atoms with Gasteiger partial charge in [0, 0.05) is 21.4 Å². The summed E-state index contributed by atoms with van der Waals surface area (Å²) in [6.45, 7) is 0. The first kappa shape index (κ1) is 29.5. The van der Waals surface area contributed by atoms with Gasteiger partial charge in [-0.3, -0.25) is 0 Å². The normalized spacial score (nSPS) is 12.7. The average molecular weight is 680 g/mol. The number of para-hydroxylation sites is 3. The highest BCUT2D eigenvalue weighted by molar-refractivity contribution is 8.28. The molecule has 2 aliphatic rings. The van der Waals surface area contributed by atoms with Gasteiger partial charge in [-0.2, -0.15) is 11.6 Å². The van der Waals surface area contributed by atoms with Crippen LogP contribution < -0.4 is 15.7 Å². The van der Waals surface area contributed by atoms with E-state index in [9.17, 15) is 0 Å². The fourth-order valence-electron chi connectivity index (χ4n) is 8.24. The lowest BCUT2D eigenvalue weighted by Crippen LogP contribution is -2.46. The molecule has 242 valence electrons. The lowest BCUT2D eigenvalue weighted by Gasteiger charge is -2.33. The van der Waals surface area contributed by atoms with Crippen molar-refractivity contribution >= 4 is 50.3 Å². The van der Waals surface area contributed by atoms with E-state index in [1.807, 2.05) is 11.6 Å². The number of hydrogen-bond acceptors (Lipinski definition) is 2. The van der Waals surface area contributed by atoms with Gasteiger partial charge < -0.3 is 9.30 Å². The average Bonchev–Trinajstić information content (AvgIpc) is 3.55. The molecule has 2 aliphatic heterocycles. The van der Waals surface area contributed by atoms with E-state index in [0.717, 1.165) is 28.3 Å². The molecule has 8 aromatic carbocycles. The van der Waals surface area contributed by atoms with Crippen LogP contribution in [0, 0.1) is 0 Å². The summed E-state index contributed by atoms with van der Waals surface area (Å²) in [4.78, 5) is 1.29. The highest BCUT2D eigenvalue weighted by Gasteiger charge is 2.38. The summed E-state index contributed by atoms with van der Waals surface area (Å²) in [5.74, 6) is 2.02.